The fourth-order valence-electron chi connectivity index (χ4n) is 2.12. The molecule has 2 heteroatoms. The number of phenolic OH excluding ortho intramolecular Hbond substituents is 1. The van der Waals surface area contributed by atoms with E-state index in [2.05, 4.69) is 6.92 Å². The zero-order valence-electron chi connectivity index (χ0n) is 8.80. The van der Waals surface area contributed by atoms with E-state index in [0.717, 1.165) is 12.1 Å². The Labute approximate surface area is 84.7 Å². The summed E-state index contributed by atoms with van der Waals surface area (Å²) in [6.07, 6.45) is 2.38. The van der Waals surface area contributed by atoms with Crippen molar-refractivity contribution in [1.29, 1.82) is 0 Å². The first-order chi connectivity index (χ1) is 6.60. The molecular formula is C12H17NO. The lowest BCUT2D eigenvalue weighted by molar-refractivity contribution is 0.469. The monoisotopic (exact) mass is 191 g/mol. The molecule has 1 aliphatic rings. The molecular weight excluding hydrogens is 174 g/mol. The van der Waals surface area contributed by atoms with E-state index in [4.69, 9.17) is 5.73 Å². The second kappa shape index (κ2) is 2.99. The van der Waals surface area contributed by atoms with E-state index in [1.165, 1.54) is 24.0 Å². The second-order valence-corrected chi connectivity index (χ2v) is 4.37. The molecule has 0 aliphatic heterocycles. The van der Waals surface area contributed by atoms with Crippen LogP contribution in [0.5, 0.6) is 5.75 Å². The smallest absolute Gasteiger partial charge is 0.118 e. The highest BCUT2D eigenvalue weighted by Crippen LogP contribution is 2.49. The summed E-state index contributed by atoms with van der Waals surface area (Å²) in [4.78, 5) is 0. The van der Waals surface area contributed by atoms with Gasteiger partial charge in [-0.1, -0.05) is 6.07 Å². The lowest BCUT2D eigenvalue weighted by atomic mass is 9.89. The average molecular weight is 191 g/mol. The van der Waals surface area contributed by atoms with E-state index >= 15 is 0 Å². The van der Waals surface area contributed by atoms with Crippen molar-refractivity contribution in [3.63, 3.8) is 0 Å². The highest BCUT2D eigenvalue weighted by molar-refractivity contribution is 5.48. The number of phenols is 1. The van der Waals surface area contributed by atoms with Crippen molar-refractivity contribution < 1.29 is 5.11 Å². The third-order valence-corrected chi connectivity index (χ3v) is 3.57. The number of nitrogens with two attached hydrogens (primary N) is 1. The molecule has 2 rings (SSSR count). The van der Waals surface area contributed by atoms with Gasteiger partial charge in [0.15, 0.2) is 0 Å². The van der Waals surface area contributed by atoms with Gasteiger partial charge in [0.05, 0.1) is 0 Å². The Morgan fingerprint density at radius 1 is 1.29 bits per heavy atom. The largest absolute Gasteiger partial charge is 0.508 e. The maximum absolute atomic E-state index is 9.55. The molecule has 1 saturated carbocycles. The van der Waals surface area contributed by atoms with Gasteiger partial charge in [0.2, 0.25) is 0 Å². The van der Waals surface area contributed by atoms with Gasteiger partial charge in [-0.3, -0.25) is 0 Å². The van der Waals surface area contributed by atoms with Gasteiger partial charge in [-0.15, -0.1) is 0 Å². The first-order valence-corrected chi connectivity index (χ1v) is 5.10. The lowest BCUT2D eigenvalue weighted by Crippen LogP contribution is -2.21. The summed E-state index contributed by atoms with van der Waals surface area (Å²) in [5.74, 6) is 0.388. The summed E-state index contributed by atoms with van der Waals surface area (Å²) in [6, 6.07) is 3.81. The highest BCUT2D eigenvalue weighted by atomic mass is 16.3. The van der Waals surface area contributed by atoms with Crippen molar-refractivity contribution in [3.8, 4) is 5.75 Å². The molecule has 14 heavy (non-hydrogen) atoms. The Kier molecular flexibility index (Phi) is 2.04. The van der Waals surface area contributed by atoms with E-state index in [-0.39, 0.29) is 5.41 Å². The number of rotatable bonds is 2. The second-order valence-electron chi connectivity index (χ2n) is 4.37. The molecule has 76 valence electrons. The van der Waals surface area contributed by atoms with E-state index in [0.29, 0.717) is 5.75 Å². The predicted molar refractivity (Wildman–Crippen MR) is 57.5 cm³/mol. The molecule has 0 spiro atoms. The molecule has 0 heterocycles. The van der Waals surface area contributed by atoms with Crippen LogP contribution in [0.3, 0.4) is 0 Å². The minimum absolute atomic E-state index is 0.225. The SMILES string of the molecule is Cc1c(O)ccc(C2(CN)CC2)c1C. The van der Waals surface area contributed by atoms with Gasteiger partial charge in [0.1, 0.15) is 5.75 Å². The minimum Gasteiger partial charge on any atom is -0.508 e. The van der Waals surface area contributed by atoms with E-state index < -0.39 is 0 Å². The molecule has 0 unspecified atom stereocenters. The van der Waals surface area contributed by atoms with Gasteiger partial charge in [-0.2, -0.15) is 0 Å². The molecule has 0 amide bonds. The summed E-state index contributed by atoms with van der Waals surface area (Å²) in [5.41, 5.74) is 9.54. The molecule has 1 fully saturated rings. The van der Waals surface area contributed by atoms with Crippen molar-refractivity contribution in [1.82, 2.24) is 0 Å². The van der Waals surface area contributed by atoms with Crippen LogP contribution in [0.4, 0.5) is 0 Å². The lowest BCUT2D eigenvalue weighted by Gasteiger charge is -2.18. The molecule has 3 N–H and O–H groups in total. The Bertz CT molecular complexity index is 367. The van der Waals surface area contributed by atoms with Crippen molar-refractivity contribution in [3.05, 3.63) is 28.8 Å². The zero-order chi connectivity index (χ0) is 10.3. The molecule has 1 aromatic carbocycles. The van der Waals surface area contributed by atoms with Crippen molar-refractivity contribution in [2.24, 2.45) is 5.73 Å². The molecule has 0 radical (unpaired) electrons. The van der Waals surface area contributed by atoms with Gasteiger partial charge in [0, 0.05) is 12.0 Å². The maximum atomic E-state index is 9.55. The normalized spacial score (nSPS) is 18.2. The third-order valence-electron chi connectivity index (χ3n) is 3.57. The van der Waals surface area contributed by atoms with Gasteiger partial charge >= 0.3 is 0 Å². The van der Waals surface area contributed by atoms with Gasteiger partial charge < -0.3 is 10.8 Å². The summed E-state index contributed by atoms with van der Waals surface area (Å²) < 4.78 is 0. The molecule has 0 aromatic heterocycles. The molecule has 0 saturated heterocycles. The van der Waals surface area contributed by atoms with Gasteiger partial charge in [-0.05, 0) is 49.4 Å². The quantitative estimate of drug-likeness (QED) is 0.751. The molecule has 2 nitrogen and oxygen atoms in total. The van der Waals surface area contributed by atoms with Crippen LogP contribution >= 0.6 is 0 Å². The Morgan fingerprint density at radius 3 is 2.43 bits per heavy atom. The van der Waals surface area contributed by atoms with Crippen LogP contribution in [0.25, 0.3) is 0 Å². The maximum Gasteiger partial charge on any atom is 0.118 e. The van der Waals surface area contributed by atoms with Crippen LogP contribution in [0.15, 0.2) is 12.1 Å². The van der Waals surface area contributed by atoms with Crippen LogP contribution in [0.1, 0.15) is 29.5 Å². The zero-order valence-corrected chi connectivity index (χ0v) is 8.80. The van der Waals surface area contributed by atoms with E-state index in [1.807, 2.05) is 13.0 Å². The molecule has 0 atom stereocenters. The molecule has 0 bridgehead atoms. The van der Waals surface area contributed by atoms with Crippen molar-refractivity contribution >= 4 is 0 Å². The van der Waals surface area contributed by atoms with Crippen molar-refractivity contribution in [2.75, 3.05) is 6.54 Å². The number of aromatic hydroxyl groups is 1. The minimum atomic E-state index is 0.225. The summed E-state index contributed by atoms with van der Waals surface area (Å²) in [7, 11) is 0. The fraction of sp³-hybridized carbons (Fsp3) is 0.500. The van der Waals surface area contributed by atoms with Gasteiger partial charge in [0.25, 0.3) is 0 Å². The predicted octanol–water partition coefficient (Wildman–Crippen LogP) is 2.00. The Balaban J connectivity index is 2.50. The Hall–Kier alpha value is -1.02. The molecule has 1 aromatic rings. The third kappa shape index (κ3) is 1.22. The summed E-state index contributed by atoms with van der Waals surface area (Å²) in [6.45, 7) is 4.75. The van der Waals surface area contributed by atoms with Crippen LogP contribution in [0.2, 0.25) is 0 Å². The van der Waals surface area contributed by atoms with Gasteiger partial charge in [-0.25, -0.2) is 0 Å². The van der Waals surface area contributed by atoms with Crippen LogP contribution in [-0.4, -0.2) is 11.7 Å². The summed E-state index contributed by atoms with van der Waals surface area (Å²) in [5, 5.41) is 9.55. The number of benzene rings is 1. The highest BCUT2D eigenvalue weighted by Gasteiger charge is 2.43. The number of hydrogen-bond acceptors (Lipinski definition) is 2. The first kappa shape index (κ1) is 9.53. The van der Waals surface area contributed by atoms with Crippen molar-refractivity contribution in [2.45, 2.75) is 32.1 Å². The molecule has 1 aliphatic carbocycles. The topological polar surface area (TPSA) is 46.2 Å². The summed E-state index contributed by atoms with van der Waals surface area (Å²) >= 11 is 0. The van der Waals surface area contributed by atoms with E-state index in [1.54, 1.807) is 6.07 Å². The van der Waals surface area contributed by atoms with Crippen LogP contribution in [-0.2, 0) is 5.41 Å². The first-order valence-electron chi connectivity index (χ1n) is 5.10. The fourth-order valence-corrected chi connectivity index (χ4v) is 2.12. The van der Waals surface area contributed by atoms with E-state index in [9.17, 15) is 5.11 Å². The van der Waals surface area contributed by atoms with Crippen LogP contribution < -0.4 is 5.73 Å². The number of hydrogen-bond donors (Lipinski definition) is 2. The Morgan fingerprint density at radius 2 is 1.93 bits per heavy atom. The van der Waals surface area contributed by atoms with Crippen LogP contribution in [0, 0.1) is 13.8 Å². The average Bonchev–Trinajstić information content (AvgIpc) is 2.95. The standard InChI is InChI=1S/C12H17NO/c1-8-9(2)11(14)4-3-10(8)12(7-13)5-6-12/h3-4,14H,5-7,13H2,1-2H3.